The van der Waals surface area contributed by atoms with Gasteiger partial charge in [0.2, 0.25) is 5.82 Å². The van der Waals surface area contributed by atoms with Gasteiger partial charge in [0.25, 0.3) is 5.91 Å². The van der Waals surface area contributed by atoms with Gasteiger partial charge in [0.15, 0.2) is 5.65 Å². The maximum Gasteiger partial charge on any atom is 0.287 e. The molecule has 4 aromatic rings. The molecule has 1 fully saturated rings. The minimum atomic E-state index is -0.153. The quantitative estimate of drug-likeness (QED) is 0.625. The Morgan fingerprint density at radius 1 is 1.21 bits per heavy atom. The number of hydrogen-bond donors (Lipinski definition) is 1. The maximum absolute atomic E-state index is 12.6. The predicted molar refractivity (Wildman–Crippen MR) is 92.5 cm³/mol. The van der Waals surface area contributed by atoms with E-state index >= 15 is 0 Å². The molecule has 1 aromatic carbocycles. The number of benzene rings is 1. The number of carbonyl (C=O) groups excluding carboxylic acids is 1. The molecule has 0 bridgehead atoms. The molecule has 1 saturated carbocycles. The summed E-state index contributed by atoms with van der Waals surface area (Å²) in [4.78, 5) is 25.9. The number of carbonyl (C=O) groups is 1. The molecule has 118 valence electrons. The second-order valence-corrected chi connectivity index (χ2v) is 6.76. The summed E-state index contributed by atoms with van der Waals surface area (Å²) in [6, 6.07) is 9.91. The smallest absolute Gasteiger partial charge is 0.287 e. The molecule has 1 N–H and O–H groups in total. The minimum Gasteiger partial charge on any atom is -0.347 e. The van der Waals surface area contributed by atoms with Crippen LogP contribution in [0.3, 0.4) is 0 Å². The van der Waals surface area contributed by atoms with E-state index in [4.69, 9.17) is 0 Å². The Morgan fingerprint density at radius 2 is 2.12 bits per heavy atom. The molecular formula is C17H13N5OS. The number of hydrogen-bond acceptors (Lipinski definition) is 5. The van der Waals surface area contributed by atoms with Gasteiger partial charge in [-0.2, -0.15) is 0 Å². The lowest BCUT2D eigenvalue weighted by Crippen LogP contribution is -2.28. The Morgan fingerprint density at radius 3 is 3.00 bits per heavy atom. The van der Waals surface area contributed by atoms with Crippen LogP contribution in [-0.2, 0) is 0 Å². The number of thiazole rings is 1. The van der Waals surface area contributed by atoms with Gasteiger partial charge in [0, 0.05) is 12.2 Å². The highest BCUT2D eigenvalue weighted by Gasteiger charge is 2.27. The van der Waals surface area contributed by atoms with Gasteiger partial charge in [-0.15, -0.1) is 11.3 Å². The number of pyridine rings is 1. The van der Waals surface area contributed by atoms with Gasteiger partial charge in [0.1, 0.15) is 5.52 Å². The standard InChI is InChI=1S/C17H13N5OS/c23-17(20-10-3-4-10)16-21-13-2-1-7-18-15(13)22(16)11-5-6-12-14(8-11)24-9-19-12/h1-2,5-10H,3-4H2,(H,20,23). The third kappa shape index (κ3) is 2.16. The van der Waals surface area contributed by atoms with E-state index in [-0.39, 0.29) is 11.9 Å². The summed E-state index contributed by atoms with van der Waals surface area (Å²) >= 11 is 1.57. The fourth-order valence-corrected chi connectivity index (χ4v) is 3.48. The van der Waals surface area contributed by atoms with Crippen molar-refractivity contribution in [2.24, 2.45) is 0 Å². The van der Waals surface area contributed by atoms with Crippen molar-refractivity contribution in [3.8, 4) is 5.69 Å². The molecule has 5 rings (SSSR count). The van der Waals surface area contributed by atoms with Crippen LogP contribution in [0.4, 0.5) is 0 Å². The first-order chi connectivity index (χ1) is 11.8. The second kappa shape index (κ2) is 5.10. The molecule has 1 aliphatic rings. The zero-order valence-electron chi connectivity index (χ0n) is 12.6. The largest absolute Gasteiger partial charge is 0.347 e. The zero-order chi connectivity index (χ0) is 16.1. The Balaban J connectivity index is 1.73. The van der Waals surface area contributed by atoms with Crippen molar-refractivity contribution in [1.82, 2.24) is 24.8 Å². The SMILES string of the molecule is O=C(NC1CC1)c1nc2cccnc2n1-c1ccc2ncsc2c1. The molecule has 0 spiro atoms. The lowest BCUT2D eigenvalue weighted by molar-refractivity contribution is 0.0939. The minimum absolute atomic E-state index is 0.153. The van der Waals surface area contributed by atoms with Gasteiger partial charge in [-0.3, -0.25) is 9.36 Å². The molecule has 0 aliphatic heterocycles. The summed E-state index contributed by atoms with van der Waals surface area (Å²) in [5, 5.41) is 3.01. The number of aromatic nitrogens is 4. The second-order valence-electron chi connectivity index (χ2n) is 5.87. The number of nitrogens with zero attached hydrogens (tertiary/aromatic N) is 4. The Labute approximate surface area is 141 Å². The highest BCUT2D eigenvalue weighted by Crippen LogP contribution is 2.26. The van der Waals surface area contributed by atoms with E-state index in [1.54, 1.807) is 17.5 Å². The Hall–Kier alpha value is -2.80. The molecule has 6 nitrogen and oxygen atoms in total. The number of imidazole rings is 1. The van der Waals surface area contributed by atoms with E-state index in [1.807, 2.05) is 40.4 Å². The summed E-state index contributed by atoms with van der Waals surface area (Å²) < 4.78 is 2.89. The summed E-state index contributed by atoms with van der Waals surface area (Å²) in [7, 11) is 0. The Bertz CT molecular complexity index is 1080. The van der Waals surface area contributed by atoms with Crippen molar-refractivity contribution in [2.45, 2.75) is 18.9 Å². The molecule has 0 saturated heterocycles. The third-order valence-corrected chi connectivity index (χ3v) is 4.90. The summed E-state index contributed by atoms with van der Waals surface area (Å²) in [5.74, 6) is 0.222. The van der Waals surface area contributed by atoms with Gasteiger partial charge in [-0.05, 0) is 43.2 Å². The lowest BCUT2D eigenvalue weighted by atomic mass is 10.3. The van der Waals surface area contributed by atoms with Crippen molar-refractivity contribution in [2.75, 3.05) is 0 Å². The van der Waals surface area contributed by atoms with Crippen LogP contribution in [0, 0.1) is 0 Å². The van der Waals surface area contributed by atoms with E-state index in [1.165, 1.54) is 0 Å². The van der Waals surface area contributed by atoms with Crippen LogP contribution in [-0.4, -0.2) is 31.5 Å². The van der Waals surface area contributed by atoms with Crippen molar-refractivity contribution in [3.63, 3.8) is 0 Å². The highest BCUT2D eigenvalue weighted by atomic mass is 32.1. The third-order valence-electron chi connectivity index (χ3n) is 4.10. The normalized spacial score (nSPS) is 14.3. The van der Waals surface area contributed by atoms with Gasteiger partial charge in [-0.1, -0.05) is 0 Å². The van der Waals surface area contributed by atoms with Crippen LogP contribution in [0.15, 0.2) is 42.0 Å². The number of amides is 1. The zero-order valence-corrected chi connectivity index (χ0v) is 13.5. The average Bonchev–Trinajstić information content (AvgIpc) is 3.15. The molecule has 7 heteroatoms. The first-order valence-corrected chi connectivity index (χ1v) is 8.65. The molecule has 3 aromatic heterocycles. The van der Waals surface area contributed by atoms with Crippen LogP contribution < -0.4 is 5.32 Å². The van der Waals surface area contributed by atoms with E-state index in [0.717, 1.165) is 28.7 Å². The fraction of sp³-hybridized carbons (Fsp3) is 0.176. The monoisotopic (exact) mass is 335 g/mol. The molecule has 24 heavy (non-hydrogen) atoms. The molecule has 3 heterocycles. The topological polar surface area (TPSA) is 72.7 Å². The number of nitrogens with one attached hydrogen (secondary N) is 1. The highest BCUT2D eigenvalue weighted by molar-refractivity contribution is 7.16. The Kier molecular flexibility index (Phi) is 2.90. The summed E-state index contributed by atoms with van der Waals surface area (Å²) in [6.07, 6.45) is 3.79. The van der Waals surface area contributed by atoms with Crippen molar-refractivity contribution in [3.05, 3.63) is 47.9 Å². The van der Waals surface area contributed by atoms with E-state index in [0.29, 0.717) is 17.0 Å². The molecule has 0 unspecified atom stereocenters. The molecule has 0 radical (unpaired) electrons. The van der Waals surface area contributed by atoms with Crippen LogP contribution in [0.25, 0.3) is 27.1 Å². The van der Waals surface area contributed by atoms with Crippen LogP contribution in [0.1, 0.15) is 23.5 Å². The van der Waals surface area contributed by atoms with Gasteiger partial charge in [-0.25, -0.2) is 15.0 Å². The van der Waals surface area contributed by atoms with Gasteiger partial charge in [0.05, 0.1) is 21.4 Å². The molecule has 1 aliphatic carbocycles. The summed E-state index contributed by atoms with van der Waals surface area (Å²) in [5.41, 5.74) is 5.03. The van der Waals surface area contributed by atoms with Crippen LogP contribution in [0.2, 0.25) is 0 Å². The van der Waals surface area contributed by atoms with Crippen molar-refractivity contribution < 1.29 is 4.79 Å². The molecule has 0 atom stereocenters. The van der Waals surface area contributed by atoms with Crippen molar-refractivity contribution >= 4 is 38.6 Å². The van der Waals surface area contributed by atoms with E-state index in [9.17, 15) is 4.79 Å². The summed E-state index contributed by atoms with van der Waals surface area (Å²) in [6.45, 7) is 0. The first kappa shape index (κ1) is 13.6. The fourth-order valence-electron chi connectivity index (χ4n) is 2.77. The number of rotatable bonds is 3. The molecular weight excluding hydrogens is 322 g/mol. The first-order valence-electron chi connectivity index (χ1n) is 7.77. The predicted octanol–water partition coefficient (Wildman–Crippen LogP) is 2.92. The van der Waals surface area contributed by atoms with E-state index < -0.39 is 0 Å². The van der Waals surface area contributed by atoms with E-state index in [2.05, 4.69) is 20.3 Å². The van der Waals surface area contributed by atoms with Crippen LogP contribution >= 0.6 is 11.3 Å². The van der Waals surface area contributed by atoms with Crippen molar-refractivity contribution in [1.29, 1.82) is 0 Å². The maximum atomic E-state index is 12.6. The van der Waals surface area contributed by atoms with Gasteiger partial charge < -0.3 is 5.32 Å². The lowest BCUT2D eigenvalue weighted by Gasteiger charge is -2.09. The van der Waals surface area contributed by atoms with Gasteiger partial charge >= 0.3 is 0 Å². The average molecular weight is 335 g/mol. The number of fused-ring (bicyclic) bond motifs is 2. The molecule has 1 amide bonds. The van der Waals surface area contributed by atoms with Crippen LogP contribution in [0.5, 0.6) is 0 Å².